The molecule has 8 heteroatoms. The molecule has 5 rings (SSSR count). The van der Waals surface area contributed by atoms with Gasteiger partial charge < -0.3 is 14.8 Å². The van der Waals surface area contributed by atoms with E-state index in [0.29, 0.717) is 18.0 Å². The van der Waals surface area contributed by atoms with E-state index in [2.05, 4.69) is 20.6 Å². The molecule has 0 unspecified atom stereocenters. The number of carbonyl (C=O) groups is 1. The summed E-state index contributed by atoms with van der Waals surface area (Å²) in [4.78, 5) is 16.4. The molecule has 0 spiro atoms. The van der Waals surface area contributed by atoms with Gasteiger partial charge in [0, 0.05) is 29.0 Å². The predicted octanol–water partition coefficient (Wildman–Crippen LogP) is 4.57. The van der Waals surface area contributed by atoms with Gasteiger partial charge in [0.1, 0.15) is 17.2 Å². The van der Waals surface area contributed by atoms with E-state index in [1.54, 1.807) is 24.2 Å². The molecular weight excluding hydrogens is 442 g/mol. The smallest absolute Gasteiger partial charge is 0.262 e. The SMILES string of the molecule is COc1cccc(Cn2cc(-c3ccc(OCC(=O)Nc4ccc5cnccc5c4)cc3)nn2)c1. The molecule has 2 aromatic heterocycles. The zero-order valence-corrected chi connectivity index (χ0v) is 19.1. The summed E-state index contributed by atoms with van der Waals surface area (Å²) in [6, 6.07) is 22.8. The lowest BCUT2D eigenvalue weighted by Gasteiger charge is -2.08. The van der Waals surface area contributed by atoms with Crippen LogP contribution in [0.5, 0.6) is 11.5 Å². The van der Waals surface area contributed by atoms with Gasteiger partial charge in [-0.1, -0.05) is 23.4 Å². The van der Waals surface area contributed by atoms with Crippen LogP contribution in [-0.2, 0) is 11.3 Å². The van der Waals surface area contributed by atoms with Gasteiger partial charge in [0.2, 0.25) is 0 Å². The van der Waals surface area contributed by atoms with Crippen LogP contribution < -0.4 is 14.8 Å². The molecule has 0 radical (unpaired) electrons. The summed E-state index contributed by atoms with van der Waals surface area (Å²) in [7, 11) is 1.65. The molecule has 174 valence electrons. The monoisotopic (exact) mass is 465 g/mol. The Balaban J connectivity index is 1.16. The fourth-order valence-corrected chi connectivity index (χ4v) is 3.69. The lowest BCUT2D eigenvalue weighted by Crippen LogP contribution is -2.20. The number of hydrogen-bond acceptors (Lipinski definition) is 6. The number of benzene rings is 3. The molecule has 8 nitrogen and oxygen atoms in total. The molecule has 0 saturated carbocycles. The molecule has 35 heavy (non-hydrogen) atoms. The molecule has 0 aliphatic heterocycles. The van der Waals surface area contributed by atoms with Crippen molar-refractivity contribution in [1.82, 2.24) is 20.0 Å². The molecule has 0 atom stereocenters. The van der Waals surface area contributed by atoms with E-state index < -0.39 is 0 Å². The number of fused-ring (bicyclic) bond motifs is 1. The minimum atomic E-state index is -0.233. The Labute approximate surface area is 202 Å². The van der Waals surface area contributed by atoms with Crippen LogP contribution in [0, 0.1) is 0 Å². The van der Waals surface area contributed by atoms with Crippen molar-refractivity contribution in [1.29, 1.82) is 0 Å². The van der Waals surface area contributed by atoms with E-state index in [9.17, 15) is 4.79 Å². The van der Waals surface area contributed by atoms with Crippen molar-refractivity contribution in [3.8, 4) is 22.8 Å². The summed E-state index contributed by atoms with van der Waals surface area (Å²) < 4.78 is 12.7. The van der Waals surface area contributed by atoms with E-state index in [4.69, 9.17) is 9.47 Å². The number of amides is 1. The number of hydrogen-bond donors (Lipinski definition) is 1. The third-order valence-corrected chi connectivity index (χ3v) is 5.46. The van der Waals surface area contributed by atoms with Gasteiger partial charge in [-0.2, -0.15) is 0 Å². The van der Waals surface area contributed by atoms with Gasteiger partial charge in [-0.15, -0.1) is 5.10 Å². The Bertz CT molecular complexity index is 1460. The lowest BCUT2D eigenvalue weighted by atomic mass is 10.1. The number of pyridine rings is 1. The van der Waals surface area contributed by atoms with E-state index in [-0.39, 0.29) is 12.5 Å². The van der Waals surface area contributed by atoms with Gasteiger partial charge in [-0.05, 0) is 65.5 Å². The molecule has 0 fully saturated rings. The number of nitrogens with zero attached hydrogens (tertiary/aromatic N) is 4. The van der Waals surface area contributed by atoms with E-state index >= 15 is 0 Å². The average Bonchev–Trinajstić information content (AvgIpc) is 3.36. The average molecular weight is 466 g/mol. The Hall–Kier alpha value is -4.72. The van der Waals surface area contributed by atoms with E-state index in [0.717, 1.165) is 33.3 Å². The molecule has 1 N–H and O–H groups in total. The first-order chi connectivity index (χ1) is 17.2. The van der Waals surface area contributed by atoms with Crippen molar-refractivity contribution in [3.63, 3.8) is 0 Å². The maximum absolute atomic E-state index is 12.3. The van der Waals surface area contributed by atoms with Gasteiger partial charge in [-0.3, -0.25) is 9.78 Å². The van der Waals surface area contributed by atoms with Crippen LogP contribution in [0.15, 0.2) is 91.4 Å². The highest BCUT2D eigenvalue weighted by Crippen LogP contribution is 2.22. The number of ether oxygens (including phenoxy) is 2. The van der Waals surface area contributed by atoms with Gasteiger partial charge >= 0.3 is 0 Å². The standard InChI is InChI=1S/C27H23N5O3/c1-34-25-4-2-3-19(13-25)16-32-17-26(30-31-32)20-6-9-24(10-7-20)35-18-27(33)29-23-8-5-22-15-28-12-11-21(22)14-23/h2-15,17H,16,18H2,1H3,(H,29,33). The molecule has 0 saturated heterocycles. The Morgan fingerprint density at radius 1 is 0.971 bits per heavy atom. The maximum Gasteiger partial charge on any atom is 0.262 e. The first-order valence-corrected chi connectivity index (χ1v) is 11.1. The van der Waals surface area contributed by atoms with Crippen molar-refractivity contribution < 1.29 is 14.3 Å². The number of rotatable bonds is 8. The number of carbonyl (C=O) groups excluding carboxylic acids is 1. The van der Waals surface area contributed by atoms with Crippen LogP contribution in [0.25, 0.3) is 22.0 Å². The Kier molecular flexibility index (Phi) is 6.34. The summed E-state index contributed by atoms with van der Waals surface area (Å²) in [5.74, 6) is 1.17. The second-order valence-corrected chi connectivity index (χ2v) is 7.95. The molecule has 3 aromatic carbocycles. The van der Waals surface area contributed by atoms with Crippen LogP contribution in [0.1, 0.15) is 5.56 Å². The summed E-state index contributed by atoms with van der Waals surface area (Å²) in [5, 5.41) is 13.4. The number of methoxy groups -OCH3 is 1. The fourth-order valence-electron chi connectivity index (χ4n) is 3.69. The molecule has 1 amide bonds. The molecule has 0 bridgehead atoms. The van der Waals surface area contributed by atoms with Gasteiger partial charge in [0.25, 0.3) is 5.91 Å². The second-order valence-electron chi connectivity index (χ2n) is 7.95. The Morgan fingerprint density at radius 3 is 2.71 bits per heavy atom. The quantitative estimate of drug-likeness (QED) is 0.361. The normalized spacial score (nSPS) is 10.8. The van der Waals surface area contributed by atoms with Crippen molar-refractivity contribution in [3.05, 3.63) is 97.0 Å². The maximum atomic E-state index is 12.3. The molecule has 0 aliphatic carbocycles. The highest BCUT2D eigenvalue weighted by atomic mass is 16.5. The highest BCUT2D eigenvalue weighted by molar-refractivity contribution is 5.95. The van der Waals surface area contributed by atoms with Crippen molar-refractivity contribution in [2.75, 3.05) is 19.0 Å². The lowest BCUT2D eigenvalue weighted by molar-refractivity contribution is -0.118. The number of anilines is 1. The third-order valence-electron chi connectivity index (χ3n) is 5.46. The van der Waals surface area contributed by atoms with Gasteiger partial charge in [0.15, 0.2) is 6.61 Å². The second kappa shape index (κ2) is 10.0. The predicted molar refractivity (Wildman–Crippen MR) is 133 cm³/mol. The van der Waals surface area contributed by atoms with E-state index in [1.165, 1.54) is 0 Å². The summed E-state index contributed by atoms with van der Waals surface area (Å²) in [6.07, 6.45) is 5.40. The fraction of sp³-hybridized carbons (Fsp3) is 0.111. The molecule has 5 aromatic rings. The minimum absolute atomic E-state index is 0.0928. The summed E-state index contributed by atoms with van der Waals surface area (Å²) in [6.45, 7) is 0.499. The molecule has 2 heterocycles. The van der Waals surface area contributed by atoms with Crippen LogP contribution in [0.4, 0.5) is 5.69 Å². The third kappa shape index (κ3) is 5.44. The van der Waals surface area contributed by atoms with Crippen molar-refractivity contribution >= 4 is 22.4 Å². The first kappa shape index (κ1) is 22.1. The summed E-state index contributed by atoms with van der Waals surface area (Å²) >= 11 is 0. The highest BCUT2D eigenvalue weighted by Gasteiger charge is 2.08. The minimum Gasteiger partial charge on any atom is -0.497 e. The largest absolute Gasteiger partial charge is 0.497 e. The first-order valence-electron chi connectivity index (χ1n) is 11.1. The van der Waals surface area contributed by atoms with Gasteiger partial charge in [0.05, 0.1) is 19.9 Å². The number of nitrogens with one attached hydrogen (secondary N) is 1. The topological polar surface area (TPSA) is 91.2 Å². The molecule has 0 aliphatic rings. The van der Waals surface area contributed by atoms with Crippen molar-refractivity contribution in [2.45, 2.75) is 6.54 Å². The summed E-state index contributed by atoms with van der Waals surface area (Å²) in [5.41, 5.74) is 3.45. The van der Waals surface area contributed by atoms with Crippen LogP contribution in [0.2, 0.25) is 0 Å². The molecular formula is C27H23N5O3. The van der Waals surface area contributed by atoms with Gasteiger partial charge in [-0.25, -0.2) is 4.68 Å². The van der Waals surface area contributed by atoms with Crippen LogP contribution in [-0.4, -0.2) is 39.6 Å². The van der Waals surface area contributed by atoms with Crippen LogP contribution in [0.3, 0.4) is 0 Å². The van der Waals surface area contributed by atoms with E-state index in [1.807, 2.05) is 79.0 Å². The van der Waals surface area contributed by atoms with Crippen molar-refractivity contribution in [2.24, 2.45) is 0 Å². The Morgan fingerprint density at radius 2 is 1.86 bits per heavy atom. The van der Waals surface area contributed by atoms with Crippen LogP contribution >= 0.6 is 0 Å². The zero-order chi connectivity index (χ0) is 24.0. The number of aromatic nitrogens is 4. The zero-order valence-electron chi connectivity index (χ0n) is 19.1.